The summed E-state index contributed by atoms with van der Waals surface area (Å²) in [5, 5.41) is 17.8. The third-order valence-corrected chi connectivity index (χ3v) is 8.65. The van der Waals surface area contributed by atoms with Crippen molar-refractivity contribution in [3.63, 3.8) is 0 Å². The molecule has 0 radical (unpaired) electrons. The summed E-state index contributed by atoms with van der Waals surface area (Å²) >= 11 is 0. The molecule has 1 aliphatic carbocycles. The second-order valence-corrected chi connectivity index (χ2v) is 11.3. The van der Waals surface area contributed by atoms with E-state index in [-0.39, 0.29) is 18.4 Å². The first-order valence-corrected chi connectivity index (χ1v) is 14.7. The van der Waals surface area contributed by atoms with E-state index in [4.69, 9.17) is 4.98 Å². The number of hydrogen-bond donors (Lipinski definition) is 3. The molecule has 3 N–H and O–H groups in total. The summed E-state index contributed by atoms with van der Waals surface area (Å²) in [5.41, 5.74) is 7.43. The van der Waals surface area contributed by atoms with Crippen LogP contribution in [0.4, 0.5) is 5.82 Å². The van der Waals surface area contributed by atoms with Gasteiger partial charge in [0.2, 0.25) is 5.91 Å². The van der Waals surface area contributed by atoms with Crippen molar-refractivity contribution in [2.75, 3.05) is 19.0 Å². The van der Waals surface area contributed by atoms with Gasteiger partial charge in [0.1, 0.15) is 11.5 Å². The molecule has 1 saturated carbocycles. The second kappa shape index (κ2) is 11.8. The molecule has 5 aromatic rings. The highest BCUT2D eigenvalue weighted by molar-refractivity contribution is 5.93. The SMILES string of the molecule is CNc1cc(C)nc2c(Cc3ccc(C(C(=O)N[C@@H](CO)c4ccccc4)C4CCCC4)cc3)c3ccccc3n12. The quantitative estimate of drug-likeness (QED) is 0.196. The van der Waals surface area contributed by atoms with Gasteiger partial charge in [-0.1, -0.05) is 85.6 Å². The Bertz CT molecular complexity index is 1650. The van der Waals surface area contributed by atoms with E-state index in [9.17, 15) is 9.90 Å². The van der Waals surface area contributed by atoms with E-state index in [1.807, 2.05) is 44.3 Å². The average molecular weight is 547 g/mol. The first kappa shape index (κ1) is 27.0. The van der Waals surface area contributed by atoms with Crippen molar-refractivity contribution in [2.45, 2.75) is 51.0 Å². The molecule has 0 aliphatic heterocycles. The Morgan fingerprint density at radius 1 is 0.976 bits per heavy atom. The number of aliphatic hydroxyl groups is 1. The highest BCUT2D eigenvalue weighted by Gasteiger charge is 2.33. The summed E-state index contributed by atoms with van der Waals surface area (Å²) in [5.74, 6) is 1.09. The Kier molecular flexibility index (Phi) is 7.75. The van der Waals surface area contributed by atoms with E-state index < -0.39 is 6.04 Å². The van der Waals surface area contributed by atoms with Crippen molar-refractivity contribution < 1.29 is 9.90 Å². The predicted octanol–water partition coefficient (Wildman–Crippen LogP) is 6.55. The van der Waals surface area contributed by atoms with E-state index in [1.54, 1.807) is 0 Å². The van der Waals surface area contributed by atoms with Crippen molar-refractivity contribution in [2.24, 2.45) is 5.92 Å². The first-order chi connectivity index (χ1) is 20.1. The zero-order chi connectivity index (χ0) is 28.3. The Morgan fingerprint density at radius 2 is 1.68 bits per heavy atom. The fraction of sp³-hybridized carbons (Fsp3) is 0.314. The topological polar surface area (TPSA) is 78.7 Å². The number of para-hydroxylation sites is 1. The molecule has 6 heteroatoms. The Labute approximate surface area is 241 Å². The van der Waals surface area contributed by atoms with Gasteiger partial charge in [-0.15, -0.1) is 0 Å². The standard InChI is InChI=1S/C35H38N4O2/c1-23-20-32(36-2)39-31-15-9-8-14-28(31)29(34(39)37-23)21-24-16-18-27(19-17-24)33(26-12-6-7-13-26)35(41)38-30(22-40)25-10-4-3-5-11-25/h3-5,8-11,14-20,26,30,33,36,40H,6-7,12-13,21-22H2,1-2H3,(H,38,41)/t30-,33?/m0/s1. The van der Waals surface area contributed by atoms with Crippen LogP contribution in [0.25, 0.3) is 16.6 Å². The fourth-order valence-corrected chi connectivity index (χ4v) is 6.63. The van der Waals surface area contributed by atoms with Crippen LogP contribution in [0.5, 0.6) is 0 Å². The number of amides is 1. The molecular weight excluding hydrogens is 508 g/mol. The molecule has 2 aromatic heterocycles. The first-order valence-electron chi connectivity index (χ1n) is 14.7. The summed E-state index contributed by atoms with van der Waals surface area (Å²) < 4.78 is 2.21. The Morgan fingerprint density at radius 3 is 2.39 bits per heavy atom. The molecule has 2 heterocycles. The van der Waals surface area contributed by atoms with Crippen molar-refractivity contribution in [1.82, 2.24) is 14.7 Å². The van der Waals surface area contributed by atoms with Crippen LogP contribution in [-0.2, 0) is 11.2 Å². The van der Waals surface area contributed by atoms with E-state index >= 15 is 0 Å². The van der Waals surface area contributed by atoms with Crippen LogP contribution >= 0.6 is 0 Å². The summed E-state index contributed by atoms with van der Waals surface area (Å²) in [6.07, 6.45) is 5.17. The lowest BCUT2D eigenvalue weighted by molar-refractivity contribution is -0.124. The number of fused-ring (bicyclic) bond motifs is 3. The van der Waals surface area contributed by atoms with E-state index in [0.717, 1.165) is 65.9 Å². The average Bonchev–Trinajstić information content (AvgIpc) is 3.64. The zero-order valence-electron chi connectivity index (χ0n) is 23.8. The largest absolute Gasteiger partial charge is 0.394 e. The van der Waals surface area contributed by atoms with Crippen LogP contribution in [0.1, 0.15) is 65.6 Å². The lowest BCUT2D eigenvalue weighted by atomic mass is 9.83. The van der Waals surface area contributed by atoms with Gasteiger partial charge in [0, 0.05) is 36.2 Å². The van der Waals surface area contributed by atoms with Crippen molar-refractivity contribution in [3.8, 4) is 0 Å². The van der Waals surface area contributed by atoms with Gasteiger partial charge in [0.05, 0.1) is 24.1 Å². The van der Waals surface area contributed by atoms with Gasteiger partial charge in [-0.3, -0.25) is 9.20 Å². The number of anilines is 1. The van der Waals surface area contributed by atoms with Crippen LogP contribution in [0.3, 0.4) is 0 Å². The molecule has 1 fully saturated rings. The number of nitrogens with one attached hydrogen (secondary N) is 2. The molecule has 0 spiro atoms. The number of aromatic nitrogens is 2. The molecule has 6 rings (SSSR count). The Balaban J connectivity index is 1.31. The molecule has 6 nitrogen and oxygen atoms in total. The lowest BCUT2D eigenvalue weighted by Gasteiger charge is -2.26. The van der Waals surface area contributed by atoms with Gasteiger partial charge >= 0.3 is 0 Å². The maximum absolute atomic E-state index is 13.8. The summed E-state index contributed by atoms with van der Waals surface area (Å²) in [7, 11) is 1.95. The smallest absolute Gasteiger partial charge is 0.228 e. The van der Waals surface area contributed by atoms with Crippen molar-refractivity contribution in [1.29, 1.82) is 0 Å². The van der Waals surface area contributed by atoms with Crippen molar-refractivity contribution >= 4 is 28.3 Å². The van der Waals surface area contributed by atoms with Gasteiger partial charge in [0.15, 0.2) is 0 Å². The zero-order valence-corrected chi connectivity index (χ0v) is 23.8. The Hall–Kier alpha value is -4.16. The van der Waals surface area contributed by atoms with Gasteiger partial charge in [-0.25, -0.2) is 4.98 Å². The lowest BCUT2D eigenvalue weighted by Crippen LogP contribution is -2.37. The number of aliphatic hydroxyl groups excluding tert-OH is 1. The molecule has 1 amide bonds. The van der Waals surface area contributed by atoms with Crippen molar-refractivity contribution in [3.05, 3.63) is 113 Å². The monoisotopic (exact) mass is 546 g/mol. The summed E-state index contributed by atoms with van der Waals surface area (Å²) in [6.45, 7) is 1.90. The maximum Gasteiger partial charge on any atom is 0.228 e. The summed E-state index contributed by atoms with van der Waals surface area (Å²) in [4.78, 5) is 18.7. The minimum Gasteiger partial charge on any atom is -0.394 e. The molecule has 2 atom stereocenters. The minimum absolute atomic E-state index is 0.00348. The molecule has 1 unspecified atom stereocenters. The molecule has 1 aliphatic rings. The molecule has 41 heavy (non-hydrogen) atoms. The van der Waals surface area contributed by atoms with Crippen LogP contribution in [0, 0.1) is 12.8 Å². The highest BCUT2D eigenvalue weighted by Crippen LogP contribution is 2.38. The normalized spacial score (nSPS) is 15.3. The number of hydrogen-bond acceptors (Lipinski definition) is 4. The van der Waals surface area contributed by atoms with E-state index in [1.165, 1.54) is 16.5 Å². The third kappa shape index (κ3) is 5.32. The van der Waals surface area contributed by atoms with Gasteiger partial charge in [-0.05, 0) is 48.4 Å². The van der Waals surface area contributed by atoms with E-state index in [0.29, 0.717) is 5.92 Å². The fourth-order valence-electron chi connectivity index (χ4n) is 6.63. The van der Waals surface area contributed by atoms with Crippen LogP contribution in [0.15, 0.2) is 84.9 Å². The summed E-state index contributed by atoms with van der Waals surface area (Å²) in [6, 6.07) is 28.4. The van der Waals surface area contributed by atoms with E-state index in [2.05, 4.69) is 69.6 Å². The minimum atomic E-state index is -0.415. The number of nitrogens with zero attached hydrogens (tertiary/aromatic N) is 2. The number of carbonyl (C=O) groups is 1. The predicted molar refractivity (Wildman–Crippen MR) is 165 cm³/mol. The van der Waals surface area contributed by atoms with Gasteiger partial charge < -0.3 is 15.7 Å². The third-order valence-electron chi connectivity index (χ3n) is 8.65. The highest BCUT2D eigenvalue weighted by atomic mass is 16.3. The number of carbonyl (C=O) groups excluding carboxylic acids is 1. The molecule has 210 valence electrons. The second-order valence-electron chi connectivity index (χ2n) is 11.3. The molecular formula is C35H38N4O2. The van der Waals surface area contributed by atoms with Gasteiger partial charge in [0.25, 0.3) is 0 Å². The number of aryl methyl sites for hydroxylation is 1. The van der Waals surface area contributed by atoms with Gasteiger partial charge in [-0.2, -0.15) is 0 Å². The van der Waals surface area contributed by atoms with Crippen LogP contribution < -0.4 is 10.6 Å². The molecule has 0 saturated heterocycles. The molecule has 0 bridgehead atoms. The van der Waals surface area contributed by atoms with Crippen LogP contribution in [-0.4, -0.2) is 34.1 Å². The number of rotatable bonds is 9. The van der Waals surface area contributed by atoms with Crippen LogP contribution in [0.2, 0.25) is 0 Å². The maximum atomic E-state index is 13.8. The number of benzene rings is 3. The molecule has 3 aromatic carbocycles.